The van der Waals surface area contributed by atoms with Crippen LogP contribution >= 0.6 is 0 Å². The minimum atomic E-state index is -1.19. The molecule has 0 aliphatic carbocycles. The molecule has 30 heavy (non-hydrogen) atoms. The third-order valence-corrected chi connectivity index (χ3v) is 5.63. The molecule has 0 radical (unpaired) electrons. The summed E-state index contributed by atoms with van der Waals surface area (Å²) in [6.45, 7) is 14.7. The van der Waals surface area contributed by atoms with E-state index in [-0.39, 0.29) is 5.92 Å². The fraction of sp³-hybridized carbons (Fsp3) is 0.923. The van der Waals surface area contributed by atoms with Crippen LogP contribution in [0.3, 0.4) is 0 Å². The Balaban J connectivity index is 6.11. The lowest BCUT2D eigenvalue weighted by atomic mass is 9.77. The van der Waals surface area contributed by atoms with Gasteiger partial charge in [-0.3, -0.25) is 0 Å². The summed E-state index contributed by atoms with van der Waals surface area (Å²) in [6.07, 6.45) is 16.3. The molecule has 180 valence electrons. The van der Waals surface area contributed by atoms with Crippen molar-refractivity contribution in [2.24, 2.45) is 5.92 Å². The van der Waals surface area contributed by atoms with Gasteiger partial charge in [0.15, 0.2) is 5.60 Å². The molecule has 0 N–H and O–H groups in total. The maximum atomic E-state index is 6.46. The van der Waals surface area contributed by atoms with E-state index in [0.717, 1.165) is 38.5 Å². The Hall–Kier alpha value is -0.420. The van der Waals surface area contributed by atoms with Crippen LogP contribution in [0.5, 0.6) is 0 Å². The van der Waals surface area contributed by atoms with E-state index in [0.29, 0.717) is 19.8 Å². The average Bonchev–Trinajstić information content (AvgIpc) is 2.76. The van der Waals surface area contributed by atoms with Crippen LogP contribution in [0.2, 0.25) is 0 Å². The number of allylic oxidation sites excluding steroid dienone is 1. The monoisotopic (exact) mass is 428 g/mol. The van der Waals surface area contributed by atoms with E-state index >= 15 is 0 Å². The van der Waals surface area contributed by atoms with Crippen LogP contribution in [0.15, 0.2) is 12.2 Å². The molecule has 0 bridgehead atoms. The van der Waals surface area contributed by atoms with Crippen molar-refractivity contribution in [1.82, 2.24) is 0 Å². The summed E-state index contributed by atoms with van der Waals surface area (Å²) >= 11 is 0. The molecule has 2 unspecified atom stereocenters. The van der Waals surface area contributed by atoms with Gasteiger partial charge >= 0.3 is 5.97 Å². The molecule has 0 spiro atoms. The number of rotatable bonds is 21. The normalized spacial score (nSPS) is 15.6. The van der Waals surface area contributed by atoms with Gasteiger partial charge in [-0.05, 0) is 39.0 Å². The van der Waals surface area contributed by atoms with Crippen LogP contribution in [0.4, 0.5) is 0 Å². The second-order valence-electron chi connectivity index (χ2n) is 8.28. The first kappa shape index (κ1) is 29.6. The third-order valence-electron chi connectivity index (χ3n) is 5.63. The lowest BCUT2D eigenvalue weighted by Crippen LogP contribution is -2.64. The standard InChI is InChI=1S/C26H52O4/c1-8-14-15-16-17-19-24(18-9-2)25(27-7,20-10-3)26(28-21-11-4,29-22-12-5)30-23-13-6/h9,18,24H,8,10-17,19-23H2,1-7H3. The van der Waals surface area contributed by atoms with Crippen molar-refractivity contribution < 1.29 is 18.9 Å². The zero-order valence-corrected chi connectivity index (χ0v) is 21.3. The molecule has 0 fully saturated rings. The summed E-state index contributed by atoms with van der Waals surface area (Å²) in [5.41, 5.74) is -0.682. The number of hydrogen-bond donors (Lipinski definition) is 0. The van der Waals surface area contributed by atoms with E-state index in [2.05, 4.69) is 53.7 Å². The van der Waals surface area contributed by atoms with Crippen LogP contribution < -0.4 is 0 Å². The molecule has 0 aromatic heterocycles. The first-order valence-corrected chi connectivity index (χ1v) is 12.7. The number of methoxy groups -OCH3 is 1. The molecule has 2 atom stereocenters. The summed E-state index contributed by atoms with van der Waals surface area (Å²) in [6, 6.07) is 0. The number of hydrogen-bond acceptors (Lipinski definition) is 4. The second-order valence-corrected chi connectivity index (χ2v) is 8.28. The van der Waals surface area contributed by atoms with Gasteiger partial charge in [0.1, 0.15) is 0 Å². The van der Waals surface area contributed by atoms with Crippen molar-refractivity contribution in [3.63, 3.8) is 0 Å². The highest BCUT2D eigenvalue weighted by atomic mass is 16.9. The first-order chi connectivity index (χ1) is 14.6. The Bertz CT molecular complexity index is 388. The summed E-state index contributed by atoms with van der Waals surface area (Å²) in [4.78, 5) is 0. The van der Waals surface area contributed by atoms with Crippen molar-refractivity contribution >= 4 is 0 Å². The van der Waals surface area contributed by atoms with Gasteiger partial charge in [-0.2, -0.15) is 0 Å². The SMILES string of the molecule is CC=CC(CCCCCCC)C(CCC)(OC)C(OCCC)(OCCC)OCCC. The molecule has 0 saturated heterocycles. The predicted octanol–water partition coefficient (Wildman–Crippen LogP) is 7.66. The highest BCUT2D eigenvalue weighted by molar-refractivity contribution is 5.05. The zero-order chi connectivity index (χ0) is 22.7. The van der Waals surface area contributed by atoms with Crippen molar-refractivity contribution in [2.75, 3.05) is 26.9 Å². The van der Waals surface area contributed by atoms with Gasteiger partial charge in [0, 0.05) is 13.0 Å². The van der Waals surface area contributed by atoms with Crippen LogP contribution in [-0.4, -0.2) is 38.5 Å². The fourth-order valence-electron chi connectivity index (χ4n) is 4.20. The molecule has 0 aliphatic heterocycles. The smallest absolute Gasteiger partial charge is 0.314 e. The summed E-state index contributed by atoms with van der Waals surface area (Å²) in [5, 5.41) is 0. The van der Waals surface area contributed by atoms with E-state index in [1.54, 1.807) is 7.11 Å². The van der Waals surface area contributed by atoms with Gasteiger partial charge in [0.25, 0.3) is 0 Å². The molecule has 0 aromatic rings. The van der Waals surface area contributed by atoms with Crippen molar-refractivity contribution in [3.8, 4) is 0 Å². The molecule has 4 heteroatoms. The first-order valence-electron chi connectivity index (χ1n) is 12.7. The van der Waals surface area contributed by atoms with E-state index in [1.807, 2.05) is 0 Å². The second kappa shape index (κ2) is 18.2. The Morgan fingerprint density at radius 2 is 1.23 bits per heavy atom. The Morgan fingerprint density at radius 3 is 1.63 bits per heavy atom. The van der Waals surface area contributed by atoms with E-state index < -0.39 is 11.6 Å². The quantitative estimate of drug-likeness (QED) is 0.107. The molecule has 0 amide bonds. The fourth-order valence-corrected chi connectivity index (χ4v) is 4.20. The van der Waals surface area contributed by atoms with E-state index in [1.165, 1.54) is 32.1 Å². The maximum absolute atomic E-state index is 6.46. The molecule has 0 rings (SSSR count). The third kappa shape index (κ3) is 8.98. The summed E-state index contributed by atoms with van der Waals surface area (Å²) < 4.78 is 25.8. The molecule has 0 aliphatic rings. The highest BCUT2D eigenvalue weighted by Gasteiger charge is 2.59. The zero-order valence-electron chi connectivity index (χ0n) is 21.3. The van der Waals surface area contributed by atoms with Gasteiger partial charge in [-0.25, -0.2) is 0 Å². The van der Waals surface area contributed by atoms with Crippen molar-refractivity contribution in [3.05, 3.63) is 12.2 Å². The van der Waals surface area contributed by atoms with Crippen LogP contribution in [0.25, 0.3) is 0 Å². The molecule has 0 heterocycles. The Labute approximate surface area is 188 Å². The molecule has 0 saturated carbocycles. The summed E-state index contributed by atoms with van der Waals surface area (Å²) in [7, 11) is 1.80. The van der Waals surface area contributed by atoms with Crippen molar-refractivity contribution in [1.29, 1.82) is 0 Å². The highest BCUT2D eigenvalue weighted by Crippen LogP contribution is 2.45. The lowest BCUT2D eigenvalue weighted by molar-refractivity contribution is -0.452. The van der Waals surface area contributed by atoms with Gasteiger partial charge < -0.3 is 18.9 Å². The van der Waals surface area contributed by atoms with Gasteiger partial charge in [0.2, 0.25) is 0 Å². The van der Waals surface area contributed by atoms with E-state index in [9.17, 15) is 0 Å². The summed E-state index contributed by atoms with van der Waals surface area (Å²) in [5.74, 6) is -1.02. The van der Waals surface area contributed by atoms with E-state index in [4.69, 9.17) is 18.9 Å². The number of unbranched alkanes of at least 4 members (excludes halogenated alkanes) is 4. The molecule has 4 nitrogen and oxygen atoms in total. The predicted molar refractivity (Wildman–Crippen MR) is 128 cm³/mol. The Kier molecular flexibility index (Phi) is 17.9. The molecular weight excluding hydrogens is 376 g/mol. The van der Waals surface area contributed by atoms with Crippen LogP contribution in [0.1, 0.15) is 112 Å². The lowest BCUT2D eigenvalue weighted by Gasteiger charge is -2.51. The minimum absolute atomic E-state index is 0.166. The van der Waals surface area contributed by atoms with Crippen LogP contribution in [-0.2, 0) is 18.9 Å². The average molecular weight is 429 g/mol. The van der Waals surface area contributed by atoms with Crippen molar-refractivity contribution in [2.45, 2.75) is 124 Å². The molecular formula is C26H52O4. The van der Waals surface area contributed by atoms with Crippen LogP contribution in [0, 0.1) is 5.92 Å². The number of ether oxygens (including phenoxy) is 4. The molecule has 0 aromatic carbocycles. The van der Waals surface area contributed by atoms with Gasteiger partial charge in [-0.15, -0.1) is 0 Å². The maximum Gasteiger partial charge on any atom is 0.314 e. The van der Waals surface area contributed by atoms with Gasteiger partial charge in [-0.1, -0.05) is 85.3 Å². The minimum Gasteiger partial charge on any atom is -0.369 e. The topological polar surface area (TPSA) is 36.9 Å². The largest absolute Gasteiger partial charge is 0.369 e. The Morgan fingerprint density at radius 1 is 0.700 bits per heavy atom. The van der Waals surface area contributed by atoms with Gasteiger partial charge in [0.05, 0.1) is 19.8 Å².